The lowest BCUT2D eigenvalue weighted by Gasteiger charge is -2.40. The summed E-state index contributed by atoms with van der Waals surface area (Å²) in [4.78, 5) is 26.2. The van der Waals surface area contributed by atoms with E-state index in [4.69, 9.17) is 0 Å². The number of carboxylic acid groups (broad SMARTS) is 1. The zero-order valence-electron chi connectivity index (χ0n) is 11.8. The molecule has 1 aromatic heterocycles. The van der Waals surface area contributed by atoms with Crippen LogP contribution < -0.4 is 5.32 Å². The van der Waals surface area contributed by atoms with Gasteiger partial charge >= 0.3 is 12.0 Å². The summed E-state index contributed by atoms with van der Waals surface area (Å²) in [5, 5.41) is 13.9. The predicted octanol–water partition coefficient (Wildman–Crippen LogP) is 2.33. The number of nitrogens with one attached hydrogen (secondary N) is 1. The van der Waals surface area contributed by atoms with E-state index >= 15 is 0 Å². The number of rotatable bonds is 5. The molecular formula is C14H20N2O3S. The van der Waals surface area contributed by atoms with Crippen LogP contribution in [0.2, 0.25) is 0 Å². The first-order valence-corrected chi connectivity index (χ1v) is 7.63. The lowest BCUT2D eigenvalue weighted by molar-refractivity contribution is -0.148. The van der Waals surface area contributed by atoms with E-state index in [1.54, 1.807) is 23.3 Å². The van der Waals surface area contributed by atoms with Crippen LogP contribution in [0.25, 0.3) is 0 Å². The van der Waals surface area contributed by atoms with Gasteiger partial charge in [0.15, 0.2) is 0 Å². The number of hydrogen-bond acceptors (Lipinski definition) is 3. The molecule has 2 rings (SSSR count). The first-order valence-electron chi connectivity index (χ1n) is 6.75. The molecule has 1 unspecified atom stereocenters. The molecule has 0 bridgehead atoms. The average molecular weight is 296 g/mol. The highest BCUT2D eigenvalue weighted by Crippen LogP contribution is 2.32. The number of hydrogen-bond donors (Lipinski definition) is 2. The van der Waals surface area contributed by atoms with Crippen LogP contribution in [0.4, 0.5) is 4.79 Å². The lowest BCUT2D eigenvalue weighted by Crippen LogP contribution is -2.62. The second-order valence-electron chi connectivity index (χ2n) is 5.41. The maximum absolute atomic E-state index is 12.2. The van der Waals surface area contributed by atoms with Crippen LogP contribution in [-0.2, 0) is 11.2 Å². The molecule has 1 heterocycles. The summed E-state index contributed by atoms with van der Waals surface area (Å²) in [6.45, 7) is 1.97. The predicted molar refractivity (Wildman–Crippen MR) is 78.0 cm³/mol. The van der Waals surface area contributed by atoms with Gasteiger partial charge in [-0.3, -0.25) is 0 Å². The van der Waals surface area contributed by atoms with Crippen LogP contribution in [0.3, 0.4) is 0 Å². The Kier molecular flexibility index (Phi) is 4.32. The van der Waals surface area contributed by atoms with E-state index in [1.807, 2.05) is 24.4 Å². The fourth-order valence-corrected chi connectivity index (χ4v) is 3.10. The van der Waals surface area contributed by atoms with Crippen molar-refractivity contribution in [1.29, 1.82) is 0 Å². The quantitative estimate of drug-likeness (QED) is 0.876. The van der Waals surface area contributed by atoms with Crippen LogP contribution in [0, 0.1) is 0 Å². The van der Waals surface area contributed by atoms with Gasteiger partial charge in [0.05, 0.1) is 0 Å². The standard InChI is InChI=1S/C14H20N2O3S/c1-10(9-11-5-3-8-20-11)16(2)13(19)15-14(12(17)18)6-4-7-14/h3,5,8,10H,4,6-7,9H2,1-2H3,(H,15,19)(H,17,18). The molecule has 110 valence electrons. The first kappa shape index (κ1) is 14.8. The molecular weight excluding hydrogens is 276 g/mol. The maximum atomic E-state index is 12.2. The average Bonchev–Trinajstić information content (AvgIpc) is 2.84. The fourth-order valence-electron chi connectivity index (χ4n) is 2.27. The lowest BCUT2D eigenvalue weighted by atomic mass is 9.77. The highest BCUT2D eigenvalue weighted by atomic mass is 32.1. The number of carbonyl (C=O) groups is 2. The van der Waals surface area contributed by atoms with E-state index in [9.17, 15) is 14.7 Å². The molecule has 1 fully saturated rings. The summed E-state index contributed by atoms with van der Waals surface area (Å²) in [6.07, 6.45) is 2.66. The van der Waals surface area contributed by atoms with Gasteiger partial charge in [-0.15, -0.1) is 11.3 Å². The Morgan fingerprint density at radius 3 is 2.70 bits per heavy atom. The minimum Gasteiger partial charge on any atom is -0.480 e. The van der Waals surface area contributed by atoms with Crippen LogP contribution in [0.1, 0.15) is 31.1 Å². The molecule has 2 amide bonds. The molecule has 20 heavy (non-hydrogen) atoms. The Bertz CT molecular complexity index is 483. The van der Waals surface area contributed by atoms with Gasteiger partial charge < -0.3 is 15.3 Å². The summed E-state index contributed by atoms with van der Waals surface area (Å²) >= 11 is 1.66. The number of nitrogens with zero attached hydrogens (tertiary/aromatic N) is 1. The molecule has 5 nitrogen and oxygen atoms in total. The zero-order valence-corrected chi connectivity index (χ0v) is 12.6. The normalized spacial score (nSPS) is 17.9. The van der Waals surface area contributed by atoms with E-state index in [0.717, 1.165) is 12.8 Å². The van der Waals surface area contributed by atoms with Crippen molar-refractivity contribution < 1.29 is 14.7 Å². The molecule has 2 N–H and O–H groups in total. The maximum Gasteiger partial charge on any atom is 0.329 e. The van der Waals surface area contributed by atoms with E-state index in [2.05, 4.69) is 5.32 Å². The number of carboxylic acids is 1. The van der Waals surface area contributed by atoms with Gasteiger partial charge in [-0.1, -0.05) is 6.07 Å². The van der Waals surface area contributed by atoms with Crippen molar-refractivity contribution in [1.82, 2.24) is 10.2 Å². The van der Waals surface area contributed by atoms with Gasteiger partial charge in [0, 0.05) is 24.4 Å². The van der Waals surface area contributed by atoms with Crippen molar-refractivity contribution in [2.75, 3.05) is 7.05 Å². The molecule has 0 radical (unpaired) electrons. The Balaban J connectivity index is 1.93. The van der Waals surface area contributed by atoms with Crippen molar-refractivity contribution in [2.45, 2.75) is 44.2 Å². The Morgan fingerprint density at radius 2 is 2.25 bits per heavy atom. The zero-order chi connectivity index (χ0) is 14.8. The summed E-state index contributed by atoms with van der Waals surface area (Å²) in [7, 11) is 1.71. The molecule has 1 saturated carbocycles. The minimum absolute atomic E-state index is 0.0274. The Hall–Kier alpha value is -1.56. The van der Waals surface area contributed by atoms with E-state index in [1.165, 1.54) is 4.88 Å². The molecule has 0 spiro atoms. The molecule has 0 aliphatic heterocycles. The molecule has 0 aromatic carbocycles. The summed E-state index contributed by atoms with van der Waals surface area (Å²) < 4.78 is 0. The topological polar surface area (TPSA) is 69.6 Å². The second-order valence-corrected chi connectivity index (χ2v) is 6.45. The monoisotopic (exact) mass is 296 g/mol. The number of likely N-dealkylation sites (N-methyl/N-ethyl adjacent to an activating group) is 1. The van der Waals surface area contributed by atoms with E-state index in [0.29, 0.717) is 12.8 Å². The SMILES string of the molecule is CC(Cc1cccs1)N(C)C(=O)NC1(C(=O)O)CCC1. The molecule has 0 saturated heterocycles. The van der Waals surface area contributed by atoms with Gasteiger partial charge in [-0.2, -0.15) is 0 Å². The van der Waals surface area contributed by atoms with Crippen LogP contribution in [-0.4, -0.2) is 40.6 Å². The highest BCUT2D eigenvalue weighted by molar-refractivity contribution is 7.09. The third-order valence-corrected chi connectivity index (χ3v) is 4.92. The minimum atomic E-state index is -1.05. The molecule has 1 atom stereocenters. The van der Waals surface area contributed by atoms with Crippen molar-refractivity contribution in [2.24, 2.45) is 0 Å². The third-order valence-electron chi connectivity index (χ3n) is 4.02. The number of urea groups is 1. The van der Waals surface area contributed by atoms with Gasteiger partial charge in [0.2, 0.25) is 0 Å². The van der Waals surface area contributed by atoms with Crippen molar-refractivity contribution in [3.05, 3.63) is 22.4 Å². The van der Waals surface area contributed by atoms with Crippen molar-refractivity contribution in [3.63, 3.8) is 0 Å². The highest BCUT2D eigenvalue weighted by Gasteiger charge is 2.46. The molecule has 1 aromatic rings. The number of carbonyl (C=O) groups excluding carboxylic acids is 1. The molecule has 6 heteroatoms. The summed E-state index contributed by atoms with van der Waals surface area (Å²) in [6, 6.07) is 3.74. The third kappa shape index (κ3) is 2.95. The second kappa shape index (κ2) is 5.83. The summed E-state index contributed by atoms with van der Waals surface area (Å²) in [5.41, 5.74) is -1.05. The van der Waals surface area contributed by atoms with E-state index in [-0.39, 0.29) is 12.1 Å². The Morgan fingerprint density at radius 1 is 1.55 bits per heavy atom. The van der Waals surface area contributed by atoms with Crippen LogP contribution >= 0.6 is 11.3 Å². The van der Waals surface area contributed by atoms with Gasteiger partial charge in [-0.25, -0.2) is 9.59 Å². The van der Waals surface area contributed by atoms with Crippen LogP contribution in [0.15, 0.2) is 17.5 Å². The van der Waals surface area contributed by atoms with Gasteiger partial charge in [0.1, 0.15) is 5.54 Å². The van der Waals surface area contributed by atoms with Crippen LogP contribution in [0.5, 0.6) is 0 Å². The van der Waals surface area contributed by atoms with E-state index < -0.39 is 11.5 Å². The Labute approximate surface area is 122 Å². The number of aliphatic carboxylic acids is 1. The van der Waals surface area contributed by atoms with Crippen molar-refractivity contribution >= 4 is 23.3 Å². The molecule has 1 aliphatic carbocycles. The van der Waals surface area contributed by atoms with Gasteiger partial charge in [-0.05, 0) is 37.6 Å². The number of thiophene rings is 1. The fraction of sp³-hybridized carbons (Fsp3) is 0.571. The van der Waals surface area contributed by atoms with Crippen molar-refractivity contribution in [3.8, 4) is 0 Å². The smallest absolute Gasteiger partial charge is 0.329 e. The summed E-state index contributed by atoms with van der Waals surface area (Å²) in [5.74, 6) is -0.934. The van der Waals surface area contributed by atoms with Gasteiger partial charge in [0.25, 0.3) is 0 Å². The number of amides is 2. The first-order chi connectivity index (χ1) is 9.44. The largest absolute Gasteiger partial charge is 0.480 e. The molecule has 1 aliphatic rings.